The fourth-order valence-corrected chi connectivity index (χ4v) is 1.86. The summed E-state index contributed by atoms with van der Waals surface area (Å²) in [5.74, 6) is -2.21. The fourth-order valence-electron chi connectivity index (χ4n) is 1.86. The number of urea groups is 1. The number of hydrogen-bond acceptors (Lipinski definition) is 4. The van der Waals surface area contributed by atoms with Crippen LogP contribution in [-0.4, -0.2) is 34.7 Å². The molecule has 100 valence electrons. The van der Waals surface area contributed by atoms with E-state index in [1.54, 1.807) is 0 Å². The first-order valence-electron chi connectivity index (χ1n) is 5.56. The van der Waals surface area contributed by atoms with Gasteiger partial charge in [0.1, 0.15) is 5.82 Å². The molecule has 1 fully saturated rings. The molecule has 19 heavy (non-hydrogen) atoms. The molecule has 0 unspecified atom stereocenters. The van der Waals surface area contributed by atoms with Gasteiger partial charge in [0.25, 0.3) is 0 Å². The molecular weight excluding hydrogens is 253 g/mol. The summed E-state index contributed by atoms with van der Waals surface area (Å²) in [5, 5.41) is 0. The van der Waals surface area contributed by atoms with Crippen LogP contribution in [0.25, 0.3) is 0 Å². The van der Waals surface area contributed by atoms with E-state index in [4.69, 9.17) is 5.73 Å². The van der Waals surface area contributed by atoms with Crippen LogP contribution in [0.4, 0.5) is 9.18 Å². The van der Waals surface area contributed by atoms with E-state index in [1.165, 1.54) is 25.2 Å². The largest absolute Gasteiger partial charge is 0.334 e. The number of hydrogen-bond donors (Lipinski definition) is 1. The van der Waals surface area contributed by atoms with Gasteiger partial charge in [-0.2, -0.15) is 0 Å². The van der Waals surface area contributed by atoms with E-state index in [2.05, 4.69) is 0 Å². The molecular formula is C12H12FN3O3. The Balaban J connectivity index is 2.29. The Kier molecular flexibility index (Phi) is 3.30. The summed E-state index contributed by atoms with van der Waals surface area (Å²) >= 11 is 0. The predicted molar refractivity (Wildman–Crippen MR) is 63.0 cm³/mol. The third kappa shape index (κ3) is 2.19. The monoisotopic (exact) mass is 265 g/mol. The third-order valence-corrected chi connectivity index (χ3v) is 2.97. The molecule has 0 spiro atoms. The maximum absolute atomic E-state index is 13.1. The number of likely N-dealkylation sites (N-methyl/N-ethyl adjacent to an activating group) is 1. The number of nitrogens with two attached hydrogens (primary N) is 1. The van der Waals surface area contributed by atoms with Crippen LogP contribution in [0.2, 0.25) is 0 Å². The number of nitrogens with zero attached hydrogens (tertiary/aromatic N) is 2. The zero-order chi connectivity index (χ0) is 14.2. The number of amides is 4. The van der Waals surface area contributed by atoms with Crippen molar-refractivity contribution < 1.29 is 18.8 Å². The van der Waals surface area contributed by atoms with Gasteiger partial charge >= 0.3 is 17.8 Å². The molecule has 0 bridgehead atoms. The number of imide groups is 2. The van der Waals surface area contributed by atoms with Crippen LogP contribution >= 0.6 is 0 Å². The van der Waals surface area contributed by atoms with Crippen molar-refractivity contribution in [1.29, 1.82) is 0 Å². The fraction of sp³-hybridized carbons (Fsp3) is 0.250. The Morgan fingerprint density at radius 3 is 2.37 bits per heavy atom. The smallest absolute Gasteiger partial charge is 0.326 e. The Hall–Kier alpha value is -2.28. The van der Waals surface area contributed by atoms with E-state index in [0.717, 1.165) is 9.80 Å². The summed E-state index contributed by atoms with van der Waals surface area (Å²) in [4.78, 5) is 36.2. The molecule has 4 amide bonds. The van der Waals surface area contributed by atoms with Crippen molar-refractivity contribution >= 4 is 17.8 Å². The van der Waals surface area contributed by atoms with Crippen LogP contribution in [0.1, 0.15) is 11.1 Å². The molecule has 7 heteroatoms. The summed E-state index contributed by atoms with van der Waals surface area (Å²) in [5.41, 5.74) is 6.51. The van der Waals surface area contributed by atoms with E-state index < -0.39 is 23.7 Å². The molecule has 1 heterocycles. The maximum atomic E-state index is 13.1. The lowest BCUT2D eigenvalue weighted by molar-refractivity contribution is -0.143. The van der Waals surface area contributed by atoms with E-state index in [9.17, 15) is 18.8 Å². The van der Waals surface area contributed by atoms with Gasteiger partial charge < -0.3 is 5.73 Å². The van der Waals surface area contributed by atoms with Gasteiger partial charge in [-0.15, -0.1) is 0 Å². The first-order valence-corrected chi connectivity index (χ1v) is 5.56. The maximum Gasteiger partial charge on any atom is 0.334 e. The van der Waals surface area contributed by atoms with Crippen molar-refractivity contribution in [3.8, 4) is 0 Å². The van der Waals surface area contributed by atoms with E-state index >= 15 is 0 Å². The zero-order valence-electron chi connectivity index (χ0n) is 10.2. The second-order valence-corrected chi connectivity index (χ2v) is 4.16. The van der Waals surface area contributed by atoms with Gasteiger partial charge in [0.2, 0.25) is 0 Å². The van der Waals surface area contributed by atoms with Gasteiger partial charge in [0.05, 0.1) is 6.54 Å². The Morgan fingerprint density at radius 2 is 1.84 bits per heavy atom. The normalized spacial score (nSPS) is 15.6. The minimum atomic E-state index is -0.889. The number of carbonyl (C=O) groups excluding carboxylic acids is 3. The first-order chi connectivity index (χ1) is 8.95. The highest BCUT2D eigenvalue weighted by Gasteiger charge is 2.42. The molecule has 0 aliphatic carbocycles. The van der Waals surface area contributed by atoms with Crippen LogP contribution in [-0.2, 0) is 22.7 Å². The molecule has 1 aromatic carbocycles. The highest BCUT2D eigenvalue weighted by molar-refractivity contribution is 6.44. The average molecular weight is 265 g/mol. The molecule has 2 N–H and O–H groups in total. The van der Waals surface area contributed by atoms with Gasteiger partial charge in [0, 0.05) is 13.6 Å². The number of benzene rings is 1. The van der Waals surface area contributed by atoms with Crippen LogP contribution in [0, 0.1) is 5.82 Å². The van der Waals surface area contributed by atoms with Crippen LogP contribution in [0.5, 0.6) is 0 Å². The first kappa shape index (κ1) is 13.2. The number of halogens is 1. The molecule has 2 rings (SSSR count). The van der Waals surface area contributed by atoms with E-state index in [-0.39, 0.29) is 13.1 Å². The molecule has 0 saturated carbocycles. The topological polar surface area (TPSA) is 83.7 Å². The van der Waals surface area contributed by atoms with Crippen LogP contribution in [0.3, 0.4) is 0 Å². The van der Waals surface area contributed by atoms with Gasteiger partial charge in [-0.05, 0) is 23.3 Å². The van der Waals surface area contributed by atoms with Gasteiger partial charge in [-0.25, -0.2) is 9.18 Å². The van der Waals surface area contributed by atoms with Crippen LogP contribution < -0.4 is 5.73 Å². The molecule has 0 radical (unpaired) electrons. The highest BCUT2D eigenvalue weighted by atomic mass is 19.1. The van der Waals surface area contributed by atoms with E-state index in [0.29, 0.717) is 11.1 Å². The lowest BCUT2D eigenvalue weighted by Crippen LogP contribution is -2.31. The molecule has 0 aromatic heterocycles. The minimum Gasteiger partial charge on any atom is -0.326 e. The zero-order valence-corrected chi connectivity index (χ0v) is 10.2. The van der Waals surface area contributed by atoms with Gasteiger partial charge in [0.15, 0.2) is 0 Å². The molecule has 6 nitrogen and oxygen atoms in total. The van der Waals surface area contributed by atoms with Crippen molar-refractivity contribution in [2.24, 2.45) is 5.73 Å². The summed E-state index contributed by atoms with van der Waals surface area (Å²) in [6.45, 7) is -0.0202. The molecule has 1 aliphatic heterocycles. The SMILES string of the molecule is CN1C(=O)C(=O)N(Cc2ccc(F)cc2CN)C1=O. The second-order valence-electron chi connectivity index (χ2n) is 4.16. The van der Waals surface area contributed by atoms with Crippen molar-refractivity contribution in [1.82, 2.24) is 9.80 Å². The third-order valence-electron chi connectivity index (χ3n) is 2.97. The number of rotatable bonds is 3. The molecule has 1 saturated heterocycles. The molecule has 0 atom stereocenters. The summed E-state index contributed by atoms with van der Waals surface area (Å²) < 4.78 is 13.1. The quantitative estimate of drug-likeness (QED) is 0.625. The minimum absolute atomic E-state index is 0.0765. The van der Waals surface area contributed by atoms with Crippen LogP contribution in [0.15, 0.2) is 18.2 Å². The van der Waals surface area contributed by atoms with E-state index in [1.807, 2.05) is 0 Å². The summed E-state index contributed by atoms with van der Waals surface area (Å²) in [6.07, 6.45) is 0. The lowest BCUT2D eigenvalue weighted by Gasteiger charge is -2.15. The standard InChI is InChI=1S/C12H12FN3O3/c1-15-10(17)11(18)16(12(15)19)6-7-2-3-9(13)4-8(7)5-14/h2-4H,5-6,14H2,1H3. The lowest BCUT2D eigenvalue weighted by atomic mass is 10.1. The average Bonchev–Trinajstić information content (AvgIpc) is 2.58. The Bertz CT molecular complexity index is 573. The summed E-state index contributed by atoms with van der Waals surface area (Å²) in [6, 6.07) is 3.21. The van der Waals surface area contributed by atoms with Gasteiger partial charge in [-0.1, -0.05) is 6.07 Å². The van der Waals surface area contributed by atoms with Crippen molar-refractivity contribution in [2.75, 3.05) is 7.05 Å². The van der Waals surface area contributed by atoms with Gasteiger partial charge in [-0.3, -0.25) is 19.4 Å². The Morgan fingerprint density at radius 1 is 1.16 bits per heavy atom. The Labute approximate surface area is 108 Å². The second kappa shape index (κ2) is 4.77. The molecule has 1 aliphatic rings. The van der Waals surface area contributed by atoms with Crippen molar-refractivity contribution in [3.05, 3.63) is 35.1 Å². The van der Waals surface area contributed by atoms with Crippen molar-refractivity contribution in [3.63, 3.8) is 0 Å². The number of carbonyl (C=O) groups is 3. The van der Waals surface area contributed by atoms with Crippen molar-refractivity contribution in [2.45, 2.75) is 13.1 Å². The summed E-state index contributed by atoms with van der Waals surface area (Å²) in [7, 11) is 1.23. The highest BCUT2D eigenvalue weighted by Crippen LogP contribution is 2.18. The predicted octanol–water partition coefficient (Wildman–Crippen LogP) is 0.205. The molecule has 1 aromatic rings.